The van der Waals surface area contributed by atoms with E-state index in [1.54, 1.807) is 6.07 Å². The minimum Gasteiger partial charge on any atom is -0.507 e. The molecule has 0 aliphatic heterocycles. The molecule has 0 radical (unpaired) electrons. The fraction of sp³-hybridized carbons (Fsp3) is 0.370. The Morgan fingerprint density at radius 1 is 0.431 bits per heavy atom. The molecule has 2 heterocycles. The Bertz CT molecular complexity index is 2660. The van der Waals surface area contributed by atoms with Crippen molar-refractivity contribution < 1.29 is 9.52 Å². The maximum atomic E-state index is 11.1. The molecule has 0 atom stereocenters. The van der Waals surface area contributed by atoms with Gasteiger partial charge in [-0.1, -0.05) is 146 Å². The molecule has 4 heteroatoms. The molecule has 1 N–H and O–H groups in total. The summed E-state index contributed by atoms with van der Waals surface area (Å²) in [6.07, 6.45) is 1.97. The van der Waals surface area contributed by atoms with Gasteiger partial charge >= 0.3 is 0 Å². The second-order valence-electron chi connectivity index (χ2n) is 21.5. The van der Waals surface area contributed by atoms with E-state index in [-0.39, 0.29) is 32.8 Å². The van der Waals surface area contributed by atoms with Crippen LogP contribution in [0.3, 0.4) is 0 Å². The van der Waals surface area contributed by atoms with E-state index in [9.17, 15) is 5.11 Å². The van der Waals surface area contributed by atoms with Gasteiger partial charge in [0.15, 0.2) is 5.58 Å². The molecule has 7 aromatic rings. The van der Waals surface area contributed by atoms with Crippen molar-refractivity contribution in [1.82, 2.24) is 9.97 Å². The van der Waals surface area contributed by atoms with E-state index >= 15 is 0 Å². The van der Waals surface area contributed by atoms with Crippen LogP contribution in [-0.2, 0) is 27.1 Å². The summed E-state index contributed by atoms with van der Waals surface area (Å²) in [4.78, 5) is 10.2. The molecule has 4 nitrogen and oxygen atoms in total. The SMILES string of the molecule is CC(C)(C)c1cc(-c2ccnc3c(-c4cccc(-c5cc(C(C)(C)C)cc6oc(-c7cc(C(C)(C)C)ccc7O)nc56)c4)cc(C(C)(C)C)cc23)cc(C(C)(C)C)c1. The van der Waals surface area contributed by atoms with E-state index in [0.29, 0.717) is 17.0 Å². The number of aromatic nitrogens is 2. The van der Waals surface area contributed by atoms with Crippen molar-refractivity contribution in [2.45, 2.75) is 131 Å². The van der Waals surface area contributed by atoms with Gasteiger partial charge in [-0.2, -0.15) is 0 Å². The number of pyridine rings is 1. The van der Waals surface area contributed by atoms with Crippen molar-refractivity contribution in [2.24, 2.45) is 0 Å². The number of hydrogen-bond donors (Lipinski definition) is 1. The maximum absolute atomic E-state index is 11.1. The molecule has 0 spiro atoms. The highest BCUT2D eigenvalue weighted by Crippen LogP contribution is 2.43. The van der Waals surface area contributed by atoms with Crippen LogP contribution in [0, 0.1) is 0 Å². The minimum absolute atomic E-state index is 0.00180. The van der Waals surface area contributed by atoms with E-state index in [2.05, 4.69) is 177 Å². The summed E-state index contributed by atoms with van der Waals surface area (Å²) in [6.45, 7) is 33.8. The smallest absolute Gasteiger partial charge is 0.231 e. The van der Waals surface area contributed by atoms with E-state index in [0.717, 1.165) is 49.8 Å². The fourth-order valence-electron chi connectivity index (χ4n) is 7.63. The first-order valence-corrected chi connectivity index (χ1v) is 20.8. The van der Waals surface area contributed by atoms with Gasteiger partial charge in [0.2, 0.25) is 5.89 Å². The summed E-state index contributed by atoms with van der Waals surface area (Å²) in [5.41, 5.74) is 15.5. The van der Waals surface area contributed by atoms with Crippen molar-refractivity contribution in [3.8, 4) is 50.6 Å². The predicted molar refractivity (Wildman–Crippen MR) is 246 cm³/mol. The normalized spacial score (nSPS) is 13.2. The van der Waals surface area contributed by atoms with E-state index < -0.39 is 0 Å². The van der Waals surface area contributed by atoms with Crippen LogP contribution in [0.25, 0.3) is 66.8 Å². The van der Waals surface area contributed by atoms with E-state index in [4.69, 9.17) is 14.4 Å². The highest BCUT2D eigenvalue weighted by molar-refractivity contribution is 6.03. The Morgan fingerprint density at radius 3 is 1.48 bits per heavy atom. The minimum atomic E-state index is -0.142. The lowest BCUT2D eigenvalue weighted by Gasteiger charge is -2.27. The topological polar surface area (TPSA) is 59.2 Å². The zero-order valence-corrected chi connectivity index (χ0v) is 37.5. The lowest BCUT2D eigenvalue weighted by atomic mass is 9.78. The summed E-state index contributed by atoms with van der Waals surface area (Å²) < 4.78 is 6.56. The van der Waals surface area contributed by atoms with Crippen LogP contribution in [0.4, 0.5) is 0 Å². The number of aromatic hydroxyl groups is 1. The third kappa shape index (κ3) is 7.95. The number of phenols is 1. The number of hydrogen-bond acceptors (Lipinski definition) is 4. The van der Waals surface area contributed by atoms with Crippen LogP contribution in [0.5, 0.6) is 5.75 Å². The molecule has 0 saturated carbocycles. The highest BCUT2D eigenvalue weighted by Gasteiger charge is 2.26. The maximum Gasteiger partial charge on any atom is 0.231 e. The molecule has 5 aromatic carbocycles. The first kappa shape index (κ1) is 41.0. The third-order valence-electron chi connectivity index (χ3n) is 11.6. The van der Waals surface area contributed by atoms with Crippen molar-refractivity contribution in [3.05, 3.63) is 125 Å². The Hall–Kier alpha value is -5.22. The van der Waals surface area contributed by atoms with Crippen LogP contribution in [0.2, 0.25) is 0 Å². The Kier molecular flexibility index (Phi) is 9.86. The van der Waals surface area contributed by atoms with Gasteiger partial charge in [0, 0.05) is 22.7 Å². The molecule has 0 amide bonds. The average molecular weight is 771 g/mol. The van der Waals surface area contributed by atoms with Crippen LogP contribution < -0.4 is 0 Å². The Morgan fingerprint density at radius 2 is 0.931 bits per heavy atom. The van der Waals surface area contributed by atoms with Crippen molar-refractivity contribution >= 4 is 22.0 Å². The molecule has 0 unspecified atom stereocenters. The lowest BCUT2D eigenvalue weighted by molar-refractivity contribution is 0.472. The van der Waals surface area contributed by atoms with Crippen molar-refractivity contribution in [1.29, 1.82) is 0 Å². The number of nitrogens with zero attached hydrogens (tertiary/aromatic N) is 2. The summed E-state index contributed by atoms with van der Waals surface area (Å²) in [6, 6.07) is 32.9. The summed E-state index contributed by atoms with van der Waals surface area (Å²) >= 11 is 0. The quantitative estimate of drug-likeness (QED) is 0.194. The molecule has 58 heavy (non-hydrogen) atoms. The van der Waals surface area contributed by atoms with Gasteiger partial charge in [0.25, 0.3) is 0 Å². The average Bonchev–Trinajstić information content (AvgIpc) is 3.56. The molecule has 2 aromatic heterocycles. The first-order chi connectivity index (χ1) is 26.8. The Labute approximate surface area is 346 Å². The van der Waals surface area contributed by atoms with Crippen LogP contribution in [0.15, 0.2) is 102 Å². The molecule has 0 bridgehead atoms. The molecule has 0 fully saturated rings. The van der Waals surface area contributed by atoms with Gasteiger partial charge in [0.05, 0.1) is 11.1 Å². The van der Waals surface area contributed by atoms with Crippen LogP contribution in [-0.4, -0.2) is 15.1 Å². The molecule has 0 saturated heterocycles. The van der Waals surface area contributed by atoms with Gasteiger partial charge < -0.3 is 9.52 Å². The summed E-state index contributed by atoms with van der Waals surface area (Å²) in [7, 11) is 0. The Balaban J connectivity index is 1.46. The molecule has 0 aliphatic carbocycles. The fourth-order valence-corrected chi connectivity index (χ4v) is 7.63. The molecular formula is C54H62N2O2. The third-order valence-corrected chi connectivity index (χ3v) is 11.6. The monoisotopic (exact) mass is 770 g/mol. The standard InChI is InChI=1S/C54H62N2O2/c1-50(2,3)35-19-20-45(57)44(27-35)49-56-48-42(29-39(54(13,14)15)31-46(48)58-49)33-18-16-17-32(23-33)41-28-38(53(10,11)12)30-43-40(21-22-55-47(41)43)34-24-36(51(4,5)6)26-37(25-34)52(7,8)9/h16-31,57H,1-15H3. The second kappa shape index (κ2) is 14.0. The van der Waals surface area contributed by atoms with Gasteiger partial charge in [-0.25, -0.2) is 4.98 Å². The summed E-state index contributed by atoms with van der Waals surface area (Å²) in [5.74, 6) is 0.559. The number of rotatable bonds is 4. The molecular weight excluding hydrogens is 709 g/mol. The number of benzene rings is 5. The van der Waals surface area contributed by atoms with Gasteiger partial charge in [-0.05, 0) is 126 Å². The number of phenolic OH excluding ortho intramolecular Hbond substituents is 1. The zero-order chi connectivity index (χ0) is 42.3. The predicted octanol–water partition coefficient (Wildman–Crippen LogP) is 15.2. The van der Waals surface area contributed by atoms with Gasteiger partial charge in [-0.15, -0.1) is 0 Å². The first-order valence-electron chi connectivity index (χ1n) is 20.8. The number of fused-ring (bicyclic) bond motifs is 2. The molecule has 0 aliphatic rings. The van der Waals surface area contributed by atoms with Crippen LogP contribution >= 0.6 is 0 Å². The van der Waals surface area contributed by atoms with Gasteiger partial charge in [0.1, 0.15) is 11.3 Å². The van der Waals surface area contributed by atoms with E-state index in [1.165, 1.54) is 27.8 Å². The molecule has 300 valence electrons. The second-order valence-corrected chi connectivity index (χ2v) is 21.5. The largest absolute Gasteiger partial charge is 0.507 e. The number of oxazole rings is 1. The zero-order valence-electron chi connectivity index (χ0n) is 37.5. The lowest BCUT2D eigenvalue weighted by Crippen LogP contribution is -2.16. The van der Waals surface area contributed by atoms with Gasteiger partial charge in [-0.3, -0.25) is 4.98 Å². The van der Waals surface area contributed by atoms with Crippen LogP contribution in [0.1, 0.15) is 132 Å². The van der Waals surface area contributed by atoms with Crippen molar-refractivity contribution in [2.75, 3.05) is 0 Å². The van der Waals surface area contributed by atoms with E-state index in [1.807, 2.05) is 18.3 Å². The highest BCUT2D eigenvalue weighted by atomic mass is 16.3. The molecule has 7 rings (SSSR count). The van der Waals surface area contributed by atoms with Crippen molar-refractivity contribution in [3.63, 3.8) is 0 Å². The summed E-state index contributed by atoms with van der Waals surface area (Å²) in [5, 5.41) is 12.2.